The van der Waals surface area contributed by atoms with Crippen LogP contribution in [-0.2, 0) is 21.0 Å². The normalized spacial score (nSPS) is 12.0. The number of rotatable bonds is 5. The lowest BCUT2D eigenvalue weighted by Gasteiger charge is -2.23. The van der Waals surface area contributed by atoms with Crippen molar-refractivity contribution in [1.82, 2.24) is 5.32 Å². The van der Waals surface area contributed by atoms with E-state index in [2.05, 4.69) is 5.32 Å². The number of benzene rings is 1. The average molecular weight is 324 g/mol. The Labute approximate surface area is 120 Å². The molecule has 0 atom stereocenters. The molecule has 0 aliphatic rings. The Morgan fingerprint density at radius 2 is 1.95 bits per heavy atom. The van der Waals surface area contributed by atoms with Crippen molar-refractivity contribution in [1.29, 1.82) is 0 Å². The highest BCUT2D eigenvalue weighted by atomic mass is 32.2. The third kappa shape index (κ3) is 5.25. The summed E-state index contributed by atoms with van der Waals surface area (Å²) in [7, 11) is -3.76. The Kier molecular flexibility index (Phi) is 5.21. The molecular formula is C12H15F3N2O3S. The van der Waals surface area contributed by atoms with Crippen LogP contribution < -0.4 is 9.62 Å². The first-order valence-electron chi connectivity index (χ1n) is 5.91. The summed E-state index contributed by atoms with van der Waals surface area (Å²) in [5.41, 5.74) is -1.04. The maximum Gasteiger partial charge on any atom is 0.416 e. The maximum atomic E-state index is 12.7. The molecule has 1 N–H and O–H groups in total. The van der Waals surface area contributed by atoms with Gasteiger partial charge in [0.25, 0.3) is 0 Å². The Balaban J connectivity index is 3.07. The van der Waals surface area contributed by atoms with E-state index in [1.807, 2.05) is 0 Å². The summed E-state index contributed by atoms with van der Waals surface area (Å²) in [5.74, 6) is -0.354. The van der Waals surface area contributed by atoms with Crippen molar-refractivity contribution < 1.29 is 26.4 Å². The van der Waals surface area contributed by atoms with Gasteiger partial charge < -0.3 is 5.32 Å². The fourth-order valence-corrected chi connectivity index (χ4v) is 2.58. The first-order chi connectivity index (χ1) is 9.51. The van der Waals surface area contributed by atoms with E-state index in [1.165, 1.54) is 13.0 Å². The topological polar surface area (TPSA) is 66.5 Å². The Morgan fingerprint density at radius 3 is 2.43 bits per heavy atom. The van der Waals surface area contributed by atoms with Gasteiger partial charge in [0.05, 0.1) is 24.1 Å². The Morgan fingerprint density at radius 1 is 1.33 bits per heavy atom. The zero-order valence-corrected chi connectivity index (χ0v) is 12.3. The lowest BCUT2D eigenvalue weighted by molar-refractivity contribution is -0.137. The van der Waals surface area contributed by atoms with Gasteiger partial charge in [-0.1, -0.05) is 6.07 Å². The number of halogens is 3. The molecule has 0 bridgehead atoms. The molecule has 21 heavy (non-hydrogen) atoms. The molecule has 1 rings (SSSR count). The van der Waals surface area contributed by atoms with Gasteiger partial charge in [-0.15, -0.1) is 0 Å². The number of amides is 1. The fraction of sp³-hybridized carbons (Fsp3) is 0.417. The number of hydrogen-bond acceptors (Lipinski definition) is 3. The highest BCUT2D eigenvalue weighted by molar-refractivity contribution is 7.92. The molecule has 1 aromatic rings. The van der Waals surface area contributed by atoms with Crippen LogP contribution >= 0.6 is 0 Å². The predicted molar refractivity (Wildman–Crippen MR) is 72.3 cm³/mol. The number of sulfonamides is 1. The van der Waals surface area contributed by atoms with E-state index >= 15 is 0 Å². The summed E-state index contributed by atoms with van der Waals surface area (Å²) >= 11 is 0. The SMILES string of the molecule is CC(=O)NCCN(c1cccc(C(F)(F)F)c1)S(C)(=O)=O. The summed E-state index contributed by atoms with van der Waals surface area (Å²) in [4.78, 5) is 10.8. The average Bonchev–Trinajstić information content (AvgIpc) is 2.32. The molecule has 1 aromatic carbocycles. The number of nitrogens with zero attached hydrogens (tertiary/aromatic N) is 1. The van der Waals surface area contributed by atoms with Crippen LogP contribution in [0.25, 0.3) is 0 Å². The third-order valence-corrected chi connectivity index (χ3v) is 3.74. The number of nitrogens with one attached hydrogen (secondary N) is 1. The molecule has 1 amide bonds. The molecule has 0 saturated heterocycles. The van der Waals surface area contributed by atoms with Crippen molar-refractivity contribution in [3.05, 3.63) is 29.8 Å². The van der Waals surface area contributed by atoms with Gasteiger partial charge >= 0.3 is 6.18 Å². The molecule has 118 valence electrons. The van der Waals surface area contributed by atoms with Crippen molar-refractivity contribution in [3.63, 3.8) is 0 Å². The molecular weight excluding hydrogens is 309 g/mol. The molecule has 5 nitrogen and oxygen atoms in total. The van der Waals surface area contributed by atoms with Crippen molar-refractivity contribution >= 4 is 21.6 Å². The molecule has 0 unspecified atom stereocenters. The zero-order valence-electron chi connectivity index (χ0n) is 11.4. The van der Waals surface area contributed by atoms with Gasteiger partial charge in [-0.25, -0.2) is 8.42 Å². The largest absolute Gasteiger partial charge is 0.416 e. The first-order valence-corrected chi connectivity index (χ1v) is 7.76. The summed E-state index contributed by atoms with van der Waals surface area (Å²) in [6.45, 7) is 1.10. The molecule has 0 aliphatic heterocycles. The van der Waals surface area contributed by atoms with Crippen LogP contribution in [0.15, 0.2) is 24.3 Å². The van der Waals surface area contributed by atoms with E-state index in [1.54, 1.807) is 0 Å². The number of hydrogen-bond donors (Lipinski definition) is 1. The van der Waals surface area contributed by atoms with E-state index in [9.17, 15) is 26.4 Å². The van der Waals surface area contributed by atoms with Crippen molar-refractivity contribution in [2.75, 3.05) is 23.7 Å². The van der Waals surface area contributed by atoms with Crippen molar-refractivity contribution in [2.45, 2.75) is 13.1 Å². The van der Waals surface area contributed by atoms with Gasteiger partial charge in [-0.3, -0.25) is 9.10 Å². The smallest absolute Gasteiger partial charge is 0.355 e. The Hall–Kier alpha value is -1.77. The molecule has 0 heterocycles. The Bertz CT molecular complexity index is 614. The van der Waals surface area contributed by atoms with E-state index in [0.29, 0.717) is 0 Å². The second kappa shape index (κ2) is 6.33. The lowest BCUT2D eigenvalue weighted by Crippen LogP contribution is -2.37. The summed E-state index contributed by atoms with van der Waals surface area (Å²) < 4.78 is 62.2. The minimum atomic E-state index is -4.56. The molecule has 0 spiro atoms. The fourth-order valence-electron chi connectivity index (χ4n) is 1.66. The first kappa shape index (κ1) is 17.3. The maximum absolute atomic E-state index is 12.7. The molecule has 0 aromatic heterocycles. The second-order valence-corrected chi connectivity index (χ2v) is 6.27. The highest BCUT2D eigenvalue weighted by Crippen LogP contribution is 2.32. The summed E-state index contributed by atoms with van der Waals surface area (Å²) in [5, 5.41) is 2.40. The molecule has 0 aliphatic carbocycles. The minimum absolute atomic E-state index is 0.00134. The highest BCUT2D eigenvalue weighted by Gasteiger charge is 2.31. The second-order valence-electron chi connectivity index (χ2n) is 4.37. The van der Waals surface area contributed by atoms with Crippen LogP contribution in [0.5, 0.6) is 0 Å². The minimum Gasteiger partial charge on any atom is -0.355 e. The molecule has 0 saturated carbocycles. The van der Waals surface area contributed by atoms with Crippen LogP contribution in [-0.4, -0.2) is 33.7 Å². The predicted octanol–water partition coefficient (Wildman–Crippen LogP) is 1.61. The van der Waals surface area contributed by atoms with Gasteiger partial charge in [0.2, 0.25) is 15.9 Å². The molecule has 0 fully saturated rings. The van der Waals surface area contributed by atoms with Crippen LogP contribution in [0.4, 0.5) is 18.9 Å². The van der Waals surface area contributed by atoms with E-state index in [-0.39, 0.29) is 24.7 Å². The summed E-state index contributed by atoms with van der Waals surface area (Å²) in [6.07, 6.45) is -3.67. The van der Waals surface area contributed by atoms with Gasteiger partial charge in [0.15, 0.2) is 0 Å². The summed E-state index contributed by atoms with van der Waals surface area (Å²) in [6, 6.07) is 4.02. The number of alkyl halides is 3. The number of anilines is 1. The standard InChI is InChI=1S/C12H15F3N2O3S/c1-9(18)16-6-7-17(21(2,19)20)11-5-3-4-10(8-11)12(13,14)15/h3-5,8H,6-7H2,1-2H3,(H,16,18). The van der Waals surface area contributed by atoms with Gasteiger partial charge in [-0.05, 0) is 18.2 Å². The quantitative estimate of drug-likeness (QED) is 0.895. The number of carbonyl (C=O) groups excluding carboxylic acids is 1. The number of carbonyl (C=O) groups is 1. The third-order valence-electron chi connectivity index (χ3n) is 2.55. The monoisotopic (exact) mass is 324 g/mol. The van der Waals surface area contributed by atoms with Crippen LogP contribution in [0.3, 0.4) is 0 Å². The van der Waals surface area contributed by atoms with Gasteiger partial charge in [0, 0.05) is 13.5 Å². The van der Waals surface area contributed by atoms with Crippen LogP contribution in [0.2, 0.25) is 0 Å². The van der Waals surface area contributed by atoms with Gasteiger partial charge in [0.1, 0.15) is 0 Å². The van der Waals surface area contributed by atoms with Crippen LogP contribution in [0, 0.1) is 0 Å². The van der Waals surface area contributed by atoms with Crippen molar-refractivity contribution in [2.24, 2.45) is 0 Å². The molecule has 0 radical (unpaired) electrons. The zero-order chi connectivity index (χ0) is 16.3. The van der Waals surface area contributed by atoms with Crippen LogP contribution in [0.1, 0.15) is 12.5 Å². The molecule has 9 heteroatoms. The van der Waals surface area contributed by atoms with E-state index in [0.717, 1.165) is 28.8 Å². The van der Waals surface area contributed by atoms with Gasteiger partial charge in [-0.2, -0.15) is 13.2 Å². The van der Waals surface area contributed by atoms with E-state index < -0.39 is 21.8 Å². The lowest BCUT2D eigenvalue weighted by atomic mass is 10.2. The van der Waals surface area contributed by atoms with Crippen molar-refractivity contribution in [3.8, 4) is 0 Å². The van der Waals surface area contributed by atoms with E-state index in [4.69, 9.17) is 0 Å².